The van der Waals surface area contributed by atoms with Crippen molar-refractivity contribution in [3.8, 4) is 32.8 Å². The number of hydrogen-bond donors (Lipinski definition) is 1. The van der Waals surface area contributed by atoms with Gasteiger partial charge in [0.25, 0.3) is 0 Å². The zero-order valence-electron chi connectivity index (χ0n) is 11.7. The molecular weight excluding hydrogens is 296 g/mol. The van der Waals surface area contributed by atoms with Crippen molar-refractivity contribution in [3.63, 3.8) is 0 Å². The molecule has 1 aromatic carbocycles. The maximum absolute atomic E-state index is 9.04. The predicted molar refractivity (Wildman–Crippen MR) is 83.7 cm³/mol. The lowest BCUT2D eigenvalue weighted by Gasteiger charge is -2.17. The molecule has 1 N–H and O–H groups in total. The maximum Gasteiger partial charge on any atom is 0.191 e. The highest BCUT2D eigenvalue weighted by molar-refractivity contribution is 7.18. The van der Waals surface area contributed by atoms with Crippen LogP contribution in [-0.4, -0.2) is 22.0 Å². The highest BCUT2D eigenvalue weighted by Gasteiger charge is 2.15. The number of H-pyrrole nitrogens is 1. The molecule has 0 atom stereocenters. The number of thiophene rings is 1. The van der Waals surface area contributed by atoms with Crippen LogP contribution in [0.25, 0.3) is 21.0 Å². The minimum absolute atomic E-state index is 0.326. The van der Waals surface area contributed by atoms with Crippen LogP contribution in [0.5, 0.6) is 5.75 Å². The average Bonchev–Trinajstić information content (AvgIpc) is 3.22. The smallest absolute Gasteiger partial charge is 0.191 e. The summed E-state index contributed by atoms with van der Waals surface area (Å²) in [6, 6.07) is 12.4. The van der Waals surface area contributed by atoms with Gasteiger partial charge in [-0.2, -0.15) is 15.6 Å². The lowest BCUT2D eigenvalue weighted by atomic mass is 10.0. The summed E-state index contributed by atoms with van der Waals surface area (Å²) in [5.74, 6) is 0.995. The summed E-state index contributed by atoms with van der Waals surface area (Å²) in [5, 5.41) is 19.5. The monoisotopic (exact) mass is 308 g/mol. The fraction of sp³-hybridized carbons (Fsp3) is 0.188. The number of nitriles is 1. The van der Waals surface area contributed by atoms with Crippen LogP contribution in [0.4, 0.5) is 0 Å². The molecule has 1 aliphatic rings. The van der Waals surface area contributed by atoms with Crippen LogP contribution in [0.3, 0.4) is 0 Å². The first-order valence-electron chi connectivity index (χ1n) is 7.02. The topological polar surface area (TPSA) is 74.6 Å². The quantitative estimate of drug-likeness (QED) is 0.787. The number of nitrogens with zero attached hydrogens (tertiary/aromatic N) is 3. The molecule has 6 heteroatoms. The van der Waals surface area contributed by atoms with Crippen LogP contribution in [0.1, 0.15) is 17.7 Å². The molecule has 0 amide bonds. The standard InChI is InChI=1S/C16H12N4OS/c17-9-12-16(19-20-18-12)15-6-5-14(22-15)11-3-4-13-10(8-11)2-1-7-21-13/h3-6,8H,1-2,7H2,(H,18,19,20). The highest BCUT2D eigenvalue weighted by atomic mass is 32.1. The van der Waals surface area contributed by atoms with Crippen LogP contribution in [0.2, 0.25) is 0 Å². The van der Waals surface area contributed by atoms with E-state index in [2.05, 4.69) is 33.6 Å². The Morgan fingerprint density at radius 2 is 2.09 bits per heavy atom. The van der Waals surface area contributed by atoms with Crippen LogP contribution in [0.15, 0.2) is 30.3 Å². The van der Waals surface area contributed by atoms with Gasteiger partial charge < -0.3 is 4.74 Å². The molecular formula is C16H12N4OS. The maximum atomic E-state index is 9.04. The van der Waals surface area contributed by atoms with Gasteiger partial charge in [-0.15, -0.1) is 16.4 Å². The molecule has 0 unspecified atom stereocenters. The van der Waals surface area contributed by atoms with Gasteiger partial charge in [-0.25, -0.2) is 0 Å². The minimum Gasteiger partial charge on any atom is -0.493 e. The first kappa shape index (κ1) is 13.0. The summed E-state index contributed by atoms with van der Waals surface area (Å²) >= 11 is 1.61. The van der Waals surface area contributed by atoms with Crippen molar-refractivity contribution in [1.82, 2.24) is 15.4 Å². The van der Waals surface area contributed by atoms with Gasteiger partial charge in [-0.1, -0.05) is 0 Å². The third-order valence-corrected chi connectivity index (χ3v) is 4.83. The molecule has 0 saturated heterocycles. The molecule has 2 aromatic heterocycles. The van der Waals surface area contributed by atoms with E-state index in [1.807, 2.05) is 18.2 Å². The van der Waals surface area contributed by atoms with Crippen LogP contribution < -0.4 is 4.74 Å². The summed E-state index contributed by atoms with van der Waals surface area (Å²) < 4.78 is 5.65. The predicted octanol–water partition coefficient (Wildman–Crippen LogP) is 3.40. The van der Waals surface area contributed by atoms with E-state index in [9.17, 15) is 0 Å². The van der Waals surface area contributed by atoms with Crippen molar-refractivity contribution in [2.45, 2.75) is 12.8 Å². The number of aryl methyl sites for hydroxylation is 1. The first-order chi connectivity index (χ1) is 10.8. The van der Waals surface area contributed by atoms with Gasteiger partial charge in [0, 0.05) is 4.88 Å². The lowest BCUT2D eigenvalue weighted by molar-refractivity contribution is 0.288. The molecule has 0 saturated carbocycles. The Hall–Kier alpha value is -2.65. The van der Waals surface area contributed by atoms with Crippen molar-refractivity contribution in [2.24, 2.45) is 0 Å². The van der Waals surface area contributed by atoms with E-state index in [0.29, 0.717) is 11.4 Å². The van der Waals surface area contributed by atoms with Crippen LogP contribution in [-0.2, 0) is 6.42 Å². The molecule has 1 aliphatic heterocycles. The number of aromatic amines is 1. The Labute approximate surface area is 131 Å². The number of rotatable bonds is 2. The van der Waals surface area contributed by atoms with Crippen LogP contribution >= 0.6 is 11.3 Å². The van der Waals surface area contributed by atoms with Crippen molar-refractivity contribution in [2.75, 3.05) is 6.61 Å². The van der Waals surface area contributed by atoms with Gasteiger partial charge in [0.15, 0.2) is 5.69 Å². The first-order valence-corrected chi connectivity index (χ1v) is 7.84. The van der Waals surface area contributed by atoms with Gasteiger partial charge in [0.1, 0.15) is 17.5 Å². The van der Waals surface area contributed by atoms with Gasteiger partial charge in [-0.3, -0.25) is 0 Å². The summed E-state index contributed by atoms with van der Waals surface area (Å²) in [4.78, 5) is 2.09. The lowest BCUT2D eigenvalue weighted by Crippen LogP contribution is -2.07. The summed E-state index contributed by atoms with van der Waals surface area (Å²) in [6.45, 7) is 0.804. The molecule has 4 rings (SSSR count). The zero-order valence-corrected chi connectivity index (χ0v) is 12.5. The summed E-state index contributed by atoms with van der Waals surface area (Å²) in [5.41, 5.74) is 3.37. The van der Waals surface area contributed by atoms with Gasteiger partial charge in [0.05, 0.1) is 11.5 Å². The second-order valence-electron chi connectivity index (χ2n) is 5.07. The molecule has 108 valence electrons. The number of aromatic nitrogens is 3. The molecule has 0 bridgehead atoms. The Bertz CT molecular complexity index is 874. The van der Waals surface area contributed by atoms with Crippen LogP contribution in [0, 0.1) is 11.3 Å². The van der Waals surface area contributed by atoms with Crippen molar-refractivity contribution >= 4 is 11.3 Å². The average molecular weight is 308 g/mol. The van der Waals surface area contributed by atoms with E-state index in [1.165, 1.54) is 11.1 Å². The molecule has 0 fully saturated rings. The second-order valence-corrected chi connectivity index (χ2v) is 6.15. The third kappa shape index (κ3) is 2.16. The second kappa shape index (κ2) is 5.28. The van der Waals surface area contributed by atoms with Gasteiger partial charge in [0.2, 0.25) is 0 Å². The largest absolute Gasteiger partial charge is 0.493 e. The molecule has 22 heavy (non-hydrogen) atoms. The van der Waals surface area contributed by atoms with E-state index in [-0.39, 0.29) is 0 Å². The fourth-order valence-electron chi connectivity index (χ4n) is 2.61. The van der Waals surface area contributed by atoms with Crippen molar-refractivity contribution < 1.29 is 4.74 Å². The number of fused-ring (bicyclic) bond motifs is 1. The van der Waals surface area contributed by atoms with Gasteiger partial charge in [-0.05, 0) is 54.3 Å². The van der Waals surface area contributed by atoms with Crippen molar-refractivity contribution in [3.05, 3.63) is 41.6 Å². The normalized spacial score (nSPS) is 13.2. The SMILES string of the molecule is N#Cc1n[nH]nc1-c1ccc(-c2ccc3c(c2)CCCO3)s1. The molecule has 0 radical (unpaired) electrons. The number of ether oxygens (including phenoxy) is 1. The third-order valence-electron chi connectivity index (χ3n) is 3.69. The van der Waals surface area contributed by atoms with E-state index < -0.39 is 0 Å². The fourth-order valence-corrected chi connectivity index (χ4v) is 3.61. The Kier molecular flexibility index (Phi) is 3.13. The Morgan fingerprint density at radius 3 is 3.00 bits per heavy atom. The van der Waals surface area contributed by atoms with Crippen molar-refractivity contribution in [1.29, 1.82) is 5.26 Å². The zero-order chi connectivity index (χ0) is 14.9. The number of benzene rings is 1. The Balaban J connectivity index is 1.71. The molecule has 0 aliphatic carbocycles. The van der Waals surface area contributed by atoms with E-state index >= 15 is 0 Å². The Morgan fingerprint density at radius 1 is 1.18 bits per heavy atom. The molecule has 5 nitrogen and oxygen atoms in total. The highest BCUT2D eigenvalue weighted by Crippen LogP contribution is 2.37. The van der Waals surface area contributed by atoms with E-state index in [0.717, 1.165) is 35.0 Å². The van der Waals surface area contributed by atoms with E-state index in [4.69, 9.17) is 10.00 Å². The summed E-state index contributed by atoms with van der Waals surface area (Å²) in [6.07, 6.45) is 2.12. The van der Waals surface area contributed by atoms with Gasteiger partial charge >= 0.3 is 0 Å². The molecule has 0 spiro atoms. The summed E-state index contributed by atoms with van der Waals surface area (Å²) in [7, 11) is 0. The number of nitrogens with one attached hydrogen (secondary N) is 1. The molecule has 3 heterocycles. The molecule has 3 aromatic rings. The number of hydrogen-bond acceptors (Lipinski definition) is 5. The van der Waals surface area contributed by atoms with E-state index in [1.54, 1.807) is 11.3 Å². The minimum atomic E-state index is 0.326.